The van der Waals surface area contributed by atoms with Crippen LogP contribution in [-0.4, -0.2) is 42.8 Å². The molecule has 21 heavy (non-hydrogen) atoms. The third-order valence-corrected chi connectivity index (χ3v) is 3.97. The number of carboxylic acids is 1. The fourth-order valence-corrected chi connectivity index (χ4v) is 2.81. The maximum absolute atomic E-state index is 12.7. The van der Waals surface area contributed by atoms with Crippen molar-refractivity contribution in [1.82, 2.24) is 0 Å². The van der Waals surface area contributed by atoms with Crippen LogP contribution in [0, 0.1) is 5.92 Å². The van der Waals surface area contributed by atoms with Crippen molar-refractivity contribution in [3.05, 3.63) is 23.8 Å². The number of aromatic carboxylic acids is 1. The molecule has 0 aliphatic carbocycles. The van der Waals surface area contributed by atoms with Gasteiger partial charge in [0.25, 0.3) is 5.91 Å². The van der Waals surface area contributed by atoms with Crippen molar-refractivity contribution in [2.45, 2.75) is 19.4 Å². The Hall–Kier alpha value is -2.08. The fraction of sp³-hybridized carbons (Fsp3) is 0.467. The van der Waals surface area contributed by atoms with Crippen LogP contribution < -0.4 is 9.64 Å². The second-order valence-corrected chi connectivity index (χ2v) is 5.35. The molecule has 0 aromatic heterocycles. The number of ether oxygens (including phenoxy) is 2. The lowest BCUT2D eigenvalue weighted by atomic mass is 10.0. The molecule has 2 heterocycles. The monoisotopic (exact) mass is 291 g/mol. The van der Waals surface area contributed by atoms with E-state index in [1.54, 1.807) is 17.0 Å². The first-order valence-corrected chi connectivity index (χ1v) is 7.01. The highest BCUT2D eigenvalue weighted by Gasteiger charge is 2.37. The van der Waals surface area contributed by atoms with E-state index in [0.29, 0.717) is 18.8 Å². The molecule has 2 unspecified atom stereocenters. The molecule has 0 saturated carbocycles. The van der Waals surface area contributed by atoms with Crippen LogP contribution in [0.4, 0.5) is 5.69 Å². The van der Waals surface area contributed by atoms with Gasteiger partial charge in [-0.2, -0.15) is 0 Å². The lowest BCUT2D eigenvalue weighted by Gasteiger charge is -2.32. The maximum atomic E-state index is 12.7. The third-order valence-electron chi connectivity index (χ3n) is 3.97. The van der Waals surface area contributed by atoms with Gasteiger partial charge in [-0.15, -0.1) is 0 Å². The smallest absolute Gasteiger partial charge is 0.339 e. The van der Waals surface area contributed by atoms with Gasteiger partial charge in [0.1, 0.15) is 18.3 Å². The Morgan fingerprint density at radius 3 is 2.81 bits per heavy atom. The summed E-state index contributed by atoms with van der Waals surface area (Å²) in [4.78, 5) is 25.5. The lowest BCUT2D eigenvalue weighted by Crippen LogP contribution is -2.45. The zero-order valence-corrected chi connectivity index (χ0v) is 11.7. The number of fused-ring (bicyclic) bond motifs is 1. The number of nitrogens with zero attached hydrogens (tertiary/aromatic N) is 1. The van der Waals surface area contributed by atoms with E-state index in [-0.39, 0.29) is 29.7 Å². The van der Waals surface area contributed by atoms with Gasteiger partial charge in [-0.05, 0) is 24.5 Å². The molecule has 3 rings (SSSR count). The first-order valence-electron chi connectivity index (χ1n) is 7.01. The molecule has 1 fully saturated rings. The molecule has 1 N–H and O–H groups in total. The van der Waals surface area contributed by atoms with Crippen molar-refractivity contribution in [3.63, 3.8) is 0 Å². The Morgan fingerprint density at radius 2 is 2.14 bits per heavy atom. The summed E-state index contributed by atoms with van der Waals surface area (Å²) in [5, 5.41) is 9.21. The number of hydrogen-bond acceptors (Lipinski definition) is 4. The number of carboxylic acid groups (broad SMARTS) is 1. The first-order chi connectivity index (χ1) is 10.1. The second-order valence-electron chi connectivity index (χ2n) is 5.35. The molecule has 6 heteroatoms. The standard InChI is InChI=1S/C15H17NO5/c1-9-5-7-20-12(9)14(17)16-6-8-21-13-10(15(18)19)3-2-4-11(13)16/h2-4,9,12H,5-8H2,1H3,(H,18,19). The normalized spacial score (nSPS) is 24.3. The van der Waals surface area contributed by atoms with E-state index in [9.17, 15) is 14.7 Å². The van der Waals surface area contributed by atoms with Crippen molar-refractivity contribution in [3.8, 4) is 5.75 Å². The number of carbonyl (C=O) groups is 2. The van der Waals surface area contributed by atoms with E-state index in [0.717, 1.165) is 6.42 Å². The molecular formula is C15H17NO5. The summed E-state index contributed by atoms with van der Waals surface area (Å²) in [6.07, 6.45) is 0.410. The average Bonchev–Trinajstić information content (AvgIpc) is 2.91. The summed E-state index contributed by atoms with van der Waals surface area (Å²) in [6, 6.07) is 4.80. The summed E-state index contributed by atoms with van der Waals surface area (Å²) in [7, 11) is 0. The number of rotatable bonds is 2. The van der Waals surface area contributed by atoms with Crippen LogP contribution >= 0.6 is 0 Å². The quantitative estimate of drug-likeness (QED) is 0.894. The van der Waals surface area contributed by atoms with Gasteiger partial charge >= 0.3 is 5.97 Å². The molecule has 0 spiro atoms. The SMILES string of the molecule is CC1CCOC1C(=O)N1CCOc2c(C(=O)O)cccc21. The van der Waals surface area contributed by atoms with Crippen LogP contribution in [0.3, 0.4) is 0 Å². The number of hydrogen-bond donors (Lipinski definition) is 1. The van der Waals surface area contributed by atoms with Gasteiger partial charge in [-0.25, -0.2) is 4.79 Å². The van der Waals surface area contributed by atoms with Gasteiger partial charge in [-0.3, -0.25) is 4.79 Å². The van der Waals surface area contributed by atoms with Crippen LogP contribution in [0.15, 0.2) is 18.2 Å². The molecule has 2 aliphatic rings. The molecule has 2 aliphatic heterocycles. The molecule has 112 valence electrons. The Morgan fingerprint density at radius 1 is 1.33 bits per heavy atom. The van der Waals surface area contributed by atoms with Gasteiger partial charge in [0.15, 0.2) is 5.75 Å². The minimum absolute atomic E-state index is 0.0744. The number of para-hydroxylation sites is 1. The van der Waals surface area contributed by atoms with Gasteiger partial charge < -0.3 is 19.5 Å². The van der Waals surface area contributed by atoms with Crippen LogP contribution in [-0.2, 0) is 9.53 Å². The van der Waals surface area contributed by atoms with Crippen LogP contribution in [0.5, 0.6) is 5.75 Å². The van der Waals surface area contributed by atoms with E-state index >= 15 is 0 Å². The predicted molar refractivity (Wildman–Crippen MR) is 74.8 cm³/mol. The zero-order valence-electron chi connectivity index (χ0n) is 11.7. The van der Waals surface area contributed by atoms with Gasteiger partial charge in [0.2, 0.25) is 0 Å². The molecule has 0 bridgehead atoms. The van der Waals surface area contributed by atoms with E-state index in [1.165, 1.54) is 6.07 Å². The maximum Gasteiger partial charge on any atom is 0.339 e. The van der Waals surface area contributed by atoms with Crippen LogP contribution in [0.2, 0.25) is 0 Å². The Balaban J connectivity index is 1.95. The molecule has 1 aromatic carbocycles. The highest BCUT2D eigenvalue weighted by atomic mass is 16.5. The molecule has 1 amide bonds. The second kappa shape index (κ2) is 5.37. The number of amides is 1. The molecule has 1 saturated heterocycles. The highest BCUT2D eigenvalue weighted by Crippen LogP contribution is 2.36. The van der Waals surface area contributed by atoms with E-state index < -0.39 is 12.1 Å². The summed E-state index contributed by atoms with van der Waals surface area (Å²) in [6.45, 7) is 3.26. The van der Waals surface area contributed by atoms with Crippen molar-refractivity contribution in [2.75, 3.05) is 24.7 Å². The average molecular weight is 291 g/mol. The summed E-state index contributed by atoms with van der Waals surface area (Å²) >= 11 is 0. The number of benzene rings is 1. The molecule has 2 atom stereocenters. The largest absolute Gasteiger partial charge is 0.489 e. The van der Waals surface area contributed by atoms with E-state index in [4.69, 9.17) is 9.47 Å². The Bertz CT molecular complexity index is 585. The van der Waals surface area contributed by atoms with Crippen molar-refractivity contribution in [2.24, 2.45) is 5.92 Å². The number of carbonyl (C=O) groups excluding carboxylic acids is 1. The summed E-state index contributed by atoms with van der Waals surface area (Å²) in [5.74, 6) is -0.750. The van der Waals surface area contributed by atoms with Crippen molar-refractivity contribution < 1.29 is 24.2 Å². The Kier molecular flexibility index (Phi) is 3.55. The fourth-order valence-electron chi connectivity index (χ4n) is 2.81. The summed E-state index contributed by atoms with van der Waals surface area (Å²) < 4.78 is 11.0. The molecular weight excluding hydrogens is 274 g/mol. The van der Waals surface area contributed by atoms with Gasteiger partial charge in [-0.1, -0.05) is 13.0 Å². The van der Waals surface area contributed by atoms with Crippen LogP contribution in [0.1, 0.15) is 23.7 Å². The molecule has 0 radical (unpaired) electrons. The number of anilines is 1. The topological polar surface area (TPSA) is 76.1 Å². The van der Waals surface area contributed by atoms with Crippen molar-refractivity contribution in [1.29, 1.82) is 0 Å². The van der Waals surface area contributed by atoms with Gasteiger partial charge in [0.05, 0.1) is 12.2 Å². The summed E-state index contributed by atoms with van der Waals surface area (Å²) in [5.41, 5.74) is 0.583. The minimum Gasteiger partial charge on any atom is -0.489 e. The highest BCUT2D eigenvalue weighted by molar-refractivity contribution is 6.01. The Labute approximate surface area is 122 Å². The van der Waals surface area contributed by atoms with Crippen LogP contribution in [0.25, 0.3) is 0 Å². The zero-order chi connectivity index (χ0) is 15.0. The lowest BCUT2D eigenvalue weighted by molar-refractivity contribution is -0.129. The van der Waals surface area contributed by atoms with Gasteiger partial charge in [0, 0.05) is 6.61 Å². The minimum atomic E-state index is -1.06. The van der Waals surface area contributed by atoms with Crippen molar-refractivity contribution >= 4 is 17.6 Å². The first kappa shape index (κ1) is 13.9. The third kappa shape index (κ3) is 2.35. The van der Waals surface area contributed by atoms with E-state index in [2.05, 4.69) is 0 Å². The predicted octanol–water partition coefficient (Wildman–Crippen LogP) is 1.54. The van der Waals surface area contributed by atoms with E-state index in [1.807, 2.05) is 6.92 Å². The molecule has 6 nitrogen and oxygen atoms in total. The molecule has 1 aromatic rings.